The van der Waals surface area contributed by atoms with Crippen molar-refractivity contribution in [3.63, 3.8) is 0 Å². The van der Waals surface area contributed by atoms with Crippen LogP contribution < -0.4 is 0 Å². The number of aromatic nitrogens is 2. The lowest BCUT2D eigenvalue weighted by molar-refractivity contribution is -0.135. The van der Waals surface area contributed by atoms with E-state index in [0.717, 1.165) is 15.2 Å². The summed E-state index contributed by atoms with van der Waals surface area (Å²) in [6, 6.07) is 2.99. The van der Waals surface area contributed by atoms with Gasteiger partial charge in [-0.3, -0.25) is 4.79 Å². The third-order valence-electron chi connectivity index (χ3n) is 5.78. The molecule has 0 bridgehead atoms. The van der Waals surface area contributed by atoms with E-state index in [1.54, 1.807) is 29.4 Å². The number of thioether (sulfide) groups is 1. The Labute approximate surface area is 163 Å². The molecular formula is C20H27N3OS2. The summed E-state index contributed by atoms with van der Waals surface area (Å²) in [5, 5.41) is 4.07. The molecule has 0 aliphatic heterocycles. The van der Waals surface area contributed by atoms with E-state index >= 15 is 0 Å². The van der Waals surface area contributed by atoms with Crippen molar-refractivity contribution in [3.05, 3.63) is 17.8 Å². The summed E-state index contributed by atoms with van der Waals surface area (Å²) in [5.41, 5.74) is 0. The number of hydrogen-bond acceptors (Lipinski definition) is 5. The van der Waals surface area contributed by atoms with Gasteiger partial charge >= 0.3 is 0 Å². The molecule has 2 fully saturated rings. The second kappa shape index (κ2) is 8.70. The fourth-order valence-electron chi connectivity index (χ4n) is 4.51. The van der Waals surface area contributed by atoms with Crippen molar-refractivity contribution >= 4 is 39.2 Å². The minimum atomic E-state index is 0.316. The Balaban J connectivity index is 1.47. The largest absolute Gasteiger partial charge is 0.336 e. The highest BCUT2D eigenvalue weighted by Crippen LogP contribution is 2.32. The second-order valence-electron chi connectivity index (χ2n) is 7.49. The second-order valence-corrected chi connectivity index (χ2v) is 9.35. The van der Waals surface area contributed by atoms with E-state index in [1.165, 1.54) is 64.2 Å². The summed E-state index contributed by atoms with van der Waals surface area (Å²) in [5.74, 6) is 0.811. The zero-order valence-corrected chi connectivity index (χ0v) is 16.9. The third kappa shape index (κ3) is 4.06. The van der Waals surface area contributed by atoms with Gasteiger partial charge in [0.2, 0.25) is 5.91 Å². The van der Waals surface area contributed by atoms with Crippen molar-refractivity contribution in [1.29, 1.82) is 0 Å². The molecule has 0 aromatic carbocycles. The van der Waals surface area contributed by atoms with Gasteiger partial charge in [0.15, 0.2) is 0 Å². The fraction of sp³-hybridized carbons (Fsp3) is 0.650. The molecule has 6 heteroatoms. The topological polar surface area (TPSA) is 46.1 Å². The number of thiophene rings is 1. The van der Waals surface area contributed by atoms with Gasteiger partial charge in [0.25, 0.3) is 0 Å². The molecule has 2 aromatic heterocycles. The molecule has 0 N–H and O–H groups in total. The molecular weight excluding hydrogens is 362 g/mol. The first-order chi connectivity index (χ1) is 12.8. The van der Waals surface area contributed by atoms with Gasteiger partial charge in [0.1, 0.15) is 16.2 Å². The first kappa shape index (κ1) is 18.2. The van der Waals surface area contributed by atoms with Crippen LogP contribution in [0.3, 0.4) is 0 Å². The van der Waals surface area contributed by atoms with Crippen LogP contribution in [-0.2, 0) is 4.79 Å². The van der Waals surface area contributed by atoms with Gasteiger partial charge in [-0.2, -0.15) is 0 Å². The highest BCUT2D eigenvalue weighted by Gasteiger charge is 2.32. The highest BCUT2D eigenvalue weighted by molar-refractivity contribution is 8.00. The maximum absolute atomic E-state index is 13.3. The molecule has 26 heavy (non-hydrogen) atoms. The van der Waals surface area contributed by atoms with E-state index in [0.29, 0.717) is 23.7 Å². The predicted molar refractivity (Wildman–Crippen MR) is 109 cm³/mol. The van der Waals surface area contributed by atoms with Crippen LogP contribution in [0.25, 0.3) is 10.2 Å². The van der Waals surface area contributed by atoms with Crippen molar-refractivity contribution in [1.82, 2.24) is 14.9 Å². The zero-order chi connectivity index (χ0) is 17.8. The normalized spacial score (nSPS) is 19.7. The minimum absolute atomic E-state index is 0.316. The Bertz CT molecular complexity index is 717. The molecule has 1 amide bonds. The van der Waals surface area contributed by atoms with Gasteiger partial charge < -0.3 is 4.90 Å². The molecule has 0 spiro atoms. The van der Waals surface area contributed by atoms with E-state index in [2.05, 4.69) is 20.9 Å². The Morgan fingerprint density at radius 3 is 2.35 bits per heavy atom. The molecule has 0 saturated heterocycles. The first-order valence-corrected chi connectivity index (χ1v) is 11.8. The average Bonchev–Trinajstić information content (AvgIpc) is 3.18. The van der Waals surface area contributed by atoms with Crippen LogP contribution in [0.4, 0.5) is 0 Å². The van der Waals surface area contributed by atoms with Crippen molar-refractivity contribution in [3.8, 4) is 0 Å². The quantitative estimate of drug-likeness (QED) is 0.516. The van der Waals surface area contributed by atoms with Crippen LogP contribution >= 0.6 is 23.1 Å². The molecule has 0 atom stereocenters. The van der Waals surface area contributed by atoms with Gasteiger partial charge in [-0.05, 0) is 37.1 Å². The van der Waals surface area contributed by atoms with Crippen molar-refractivity contribution in [2.75, 3.05) is 5.75 Å². The molecule has 4 nitrogen and oxygen atoms in total. The molecule has 2 aliphatic carbocycles. The number of carbonyl (C=O) groups is 1. The summed E-state index contributed by atoms with van der Waals surface area (Å²) in [7, 11) is 0. The summed E-state index contributed by atoms with van der Waals surface area (Å²) >= 11 is 3.21. The maximum atomic E-state index is 13.3. The van der Waals surface area contributed by atoms with E-state index in [4.69, 9.17) is 0 Å². The molecule has 2 aliphatic rings. The lowest BCUT2D eigenvalue weighted by atomic mass is 9.88. The van der Waals surface area contributed by atoms with Crippen LogP contribution in [0.15, 0.2) is 22.8 Å². The van der Waals surface area contributed by atoms with E-state index < -0.39 is 0 Å². The Morgan fingerprint density at radius 2 is 1.69 bits per heavy atom. The smallest absolute Gasteiger partial charge is 0.233 e. The Kier molecular flexibility index (Phi) is 6.10. The maximum Gasteiger partial charge on any atom is 0.233 e. The van der Waals surface area contributed by atoms with Crippen LogP contribution in [0.5, 0.6) is 0 Å². The Morgan fingerprint density at radius 1 is 1.04 bits per heavy atom. The van der Waals surface area contributed by atoms with Crippen molar-refractivity contribution < 1.29 is 4.79 Å². The van der Waals surface area contributed by atoms with Gasteiger partial charge in [-0.1, -0.05) is 50.3 Å². The number of amides is 1. The van der Waals surface area contributed by atoms with Crippen LogP contribution in [0.2, 0.25) is 0 Å². The van der Waals surface area contributed by atoms with Gasteiger partial charge in [-0.25, -0.2) is 9.97 Å². The fourth-order valence-corrected chi connectivity index (χ4v) is 6.16. The summed E-state index contributed by atoms with van der Waals surface area (Å²) in [6.07, 6.45) is 14.1. The lowest BCUT2D eigenvalue weighted by Crippen LogP contribution is -2.49. The zero-order valence-electron chi connectivity index (χ0n) is 15.2. The lowest BCUT2D eigenvalue weighted by Gasteiger charge is -2.41. The molecule has 2 heterocycles. The standard InChI is InChI=1S/C20H27N3OS2/c24-18(13-26-20-17-11-12-25-19(17)21-14-22-20)23(15-7-3-1-4-8-15)16-9-5-2-6-10-16/h11-12,14-16H,1-10,13H2. The number of hydrogen-bond donors (Lipinski definition) is 0. The molecule has 2 aromatic rings. The Hall–Kier alpha value is -1.14. The van der Waals surface area contributed by atoms with Crippen LogP contribution in [0, 0.1) is 0 Å². The van der Waals surface area contributed by atoms with Crippen molar-refractivity contribution in [2.45, 2.75) is 81.3 Å². The van der Waals surface area contributed by atoms with E-state index in [9.17, 15) is 4.79 Å². The number of nitrogens with zero attached hydrogens (tertiary/aromatic N) is 3. The predicted octanol–water partition coefficient (Wildman–Crippen LogP) is 5.28. The molecule has 4 rings (SSSR count). The van der Waals surface area contributed by atoms with Gasteiger partial charge in [0, 0.05) is 17.5 Å². The molecule has 0 radical (unpaired) electrons. The third-order valence-corrected chi connectivity index (χ3v) is 7.59. The molecule has 0 unspecified atom stereocenters. The number of carbonyl (C=O) groups excluding carboxylic acids is 1. The summed E-state index contributed by atoms with van der Waals surface area (Å²) in [4.78, 5) is 25.3. The van der Waals surface area contributed by atoms with Crippen LogP contribution in [0.1, 0.15) is 64.2 Å². The summed E-state index contributed by atoms with van der Waals surface area (Å²) < 4.78 is 0. The van der Waals surface area contributed by atoms with E-state index in [-0.39, 0.29) is 0 Å². The SMILES string of the molecule is O=C(CSc1ncnc2sccc12)N(C1CCCCC1)C1CCCCC1. The van der Waals surface area contributed by atoms with Crippen LogP contribution in [-0.4, -0.2) is 38.6 Å². The first-order valence-electron chi connectivity index (χ1n) is 9.95. The minimum Gasteiger partial charge on any atom is -0.336 e. The van der Waals surface area contributed by atoms with Crippen molar-refractivity contribution in [2.24, 2.45) is 0 Å². The summed E-state index contributed by atoms with van der Waals surface area (Å²) in [6.45, 7) is 0. The van der Waals surface area contributed by atoms with Gasteiger partial charge in [0.05, 0.1) is 5.75 Å². The molecule has 140 valence electrons. The number of rotatable bonds is 5. The highest BCUT2D eigenvalue weighted by atomic mass is 32.2. The van der Waals surface area contributed by atoms with E-state index in [1.807, 2.05) is 5.38 Å². The monoisotopic (exact) mass is 389 g/mol. The average molecular weight is 390 g/mol. The molecule has 2 saturated carbocycles. The van der Waals surface area contributed by atoms with Gasteiger partial charge in [-0.15, -0.1) is 11.3 Å². The number of fused-ring (bicyclic) bond motifs is 1.